The Labute approximate surface area is 211 Å². The van der Waals surface area contributed by atoms with E-state index in [9.17, 15) is 9.59 Å². The van der Waals surface area contributed by atoms with Crippen LogP contribution in [0.15, 0.2) is 30.6 Å². The maximum Gasteiger partial charge on any atom is 0.254 e. The second-order valence-corrected chi connectivity index (χ2v) is 11.2. The van der Waals surface area contributed by atoms with Crippen molar-refractivity contribution in [2.24, 2.45) is 16.7 Å². The van der Waals surface area contributed by atoms with E-state index in [1.54, 1.807) is 24.5 Å². The summed E-state index contributed by atoms with van der Waals surface area (Å²) in [6, 6.07) is 5.13. The van der Waals surface area contributed by atoms with Gasteiger partial charge in [-0.2, -0.15) is 0 Å². The molecule has 0 spiro atoms. The number of halogens is 1. The van der Waals surface area contributed by atoms with Gasteiger partial charge in [-0.15, -0.1) is 0 Å². The number of carbonyl (C=O) groups excluding carboxylic acids is 2. The van der Waals surface area contributed by atoms with E-state index < -0.39 is 0 Å². The summed E-state index contributed by atoms with van der Waals surface area (Å²) in [5.41, 5.74) is 6.08. The van der Waals surface area contributed by atoms with Gasteiger partial charge in [0.15, 0.2) is 0 Å². The number of nitrogen functional groups attached to an aromatic ring is 1. The number of aromatic nitrogens is 2. The SMILES string of the molecule is CC1(C)C(NC(=O)c2cnc(N3CCCC(C=O)CC3)nc2)C(C)(C)C1Oc1ccc(N)c(Cl)c1. The van der Waals surface area contributed by atoms with Gasteiger partial charge in [0.25, 0.3) is 5.91 Å². The Kier molecular flexibility index (Phi) is 6.95. The smallest absolute Gasteiger partial charge is 0.254 e. The van der Waals surface area contributed by atoms with Gasteiger partial charge in [0.1, 0.15) is 18.1 Å². The molecule has 1 saturated carbocycles. The first-order valence-corrected chi connectivity index (χ1v) is 12.5. The minimum absolute atomic E-state index is 0.101. The molecule has 4 rings (SSSR count). The first-order valence-electron chi connectivity index (χ1n) is 12.1. The molecule has 2 aliphatic rings. The lowest BCUT2D eigenvalue weighted by Gasteiger charge is -2.63. The molecule has 8 nitrogen and oxygen atoms in total. The fourth-order valence-electron chi connectivity index (χ4n) is 5.79. The molecule has 0 bridgehead atoms. The topological polar surface area (TPSA) is 110 Å². The van der Waals surface area contributed by atoms with Crippen LogP contribution in [0, 0.1) is 16.7 Å². The first kappa shape index (κ1) is 25.2. The third kappa shape index (κ3) is 4.94. The summed E-state index contributed by atoms with van der Waals surface area (Å²) < 4.78 is 6.30. The second-order valence-electron chi connectivity index (χ2n) is 10.8. The molecule has 2 heterocycles. The summed E-state index contributed by atoms with van der Waals surface area (Å²) in [6.45, 7) is 9.87. The third-order valence-electron chi connectivity index (χ3n) is 7.49. The molecule has 2 aromatic rings. The molecule has 1 amide bonds. The van der Waals surface area contributed by atoms with Crippen LogP contribution in [0.3, 0.4) is 0 Å². The van der Waals surface area contributed by atoms with Crippen molar-refractivity contribution in [3.8, 4) is 5.75 Å². The predicted octanol–water partition coefficient (Wildman–Crippen LogP) is 4.13. The van der Waals surface area contributed by atoms with Gasteiger partial charge in [-0.1, -0.05) is 39.3 Å². The van der Waals surface area contributed by atoms with Crippen LogP contribution in [0.1, 0.15) is 57.3 Å². The summed E-state index contributed by atoms with van der Waals surface area (Å²) >= 11 is 6.16. The molecule has 35 heavy (non-hydrogen) atoms. The van der Waals surface area contributed by atoms with E-state index in [0.29, 0.717) is 28.0 Å². The summed E-state index contributed by atoms with van der Waals surface area (Å²) in [4.78, 5) is 35.2. The van der Waals surface area contributed by atoms with Crippen molar-refractivity contribution >= 4 is 35.4 Å². The molecule has 3 N–H and O–H groups in total. The summed E-state index contributed by atoms with van der Waals surface area (Å²) in [5.74, 6) is 1.13. The van der Waals surface area contributed by atoms with Crippen LogP contribution in [-0.2, 0) is 4.79 Å². The lowest BCUT2D eigenvalue weighted by atomic mass is 9.49. The Morgan fingerprint density at radius 2 is 1.86 bits per heavy atom. The Morgan fingerprint density at radius 1 is 1.17 bits per heavy atom. The van der Waals surface area contributed by atoms with Crippen LogP contribution in [0.5, 0.6) is 5.75 Å². The van der Waals surface area contributed by atoms with Crippen molar-refractivity contribution in [1.29, 1.82) is 0 Å². The van der Waals surface area contributed by atoms with Crippen LogP contribution in [-0.4, -0.2) is 47.4 Å². The normalized spacial score (nSPS) is 25.2. The van der Waals surface area contributed by atoms with Crippen molar-refractivity contribution in [2.45, 2.75) is 59.1 Å². The number of anilines is 2. The van der Waals surface area contributed by atoms with Gasteiger partial charge in [0.2, 0.25) is 5.95 Å². The first-order chi connectivity index (χ1) is 16.5. The molecule has 2 fully saturated rings. The van der Waals surface area contributed by atoms with Crippen LogP contribution >= 0.6 is 11.6 Å². The highest BCUT2D eigenvalue weighted by Gasteiger charge is 2.64. The number of benzene rings is 1. The van der Waals surface area contributed by atoms with Crippen molar-refractivity contribution in [1.82, 2.24) is 15.3 Å². The molecule has 9 heteroatoms. The lowest BCUT2D eigenvalue weighted by molar-refractivity contribution is -0.164. The monoisotopic (exact) mass is 499 g/mol. The molecule has 0 radical (unpaired) electrons. The van der Waals surface area contributed by atoms with Crippen LogP contribution in [0.25, 0.3) is 0 Å². The average Bonchev–Trinajstić information content (AvgIpc) is 3.08. The zero-order valence-corrected chi connectivity index (χ0v) is 21.5. The number of rotatable bonds is 6. The van der Waals surface area contributed by atoms with Crippen LogP contribution in [0.2, 0.25) is 5.02 Å². The quantitative estimate of drug-likeness (QED) is 0.454. The van der Waals surface area contributed by atoms with Gasteiger partial charge in [0.05, 0.1) is 16.3 Å². The fourth-order valence-corrected chi connectivity index (χ4v) is 5.96. The standard InChI is InChI=1S/C26H34ClN5O3/c1-25(2)22(26(3,4)23(25)35-18-7-8-20(28)19(27)12-18)31-21(34)17-13-29-24(30-14-17)32-10-5-6-16(15-33)9-11-32/h7-8,12-16,22-23H,5-6,9-11,28H2,1-4H3,(H,31,34). The van der Waals surface area contributed by atoms with E-state index in [2.05, 4.69) is 47.9 Å². The molecule has 1 aromatic carbocycles. The van der Waals surface area contributed by atoms with E-state index in [-0.39, 0.29) is 34.8 Å². The number of nitrogens with zero attached hydrogens (tertiary/aromatic N) is 3. The predicted molar refractivity (Wildman–Crippen MR) is 137 cm³/mol. The van der Waals surface area contributed by atoms with Crippen molar-refractivity contribution in [3.05, 3.63) is 41.2 Å². The fraction of sp³-hybridized carbons (Fsp3) is 0.538. The van der Waals surface area contributed by atoms with Crippen molar-refractivity contribution in [3.63, 3.8) is 0 Å². The summed E-state index contributed by atoms with van der Waals surface area (Å²) in [7, 11) is 0. The minimum Gasteiger partial charge on any atom is -0.489 e. The Balaban J connectivity index is 1.41. The number of aldehydes is 1. The van der Waals surface area contributed by atoms with Gasteiger partial charge in [-0.3, -0.25) is 4.79 Å². The lowest BCUT2D eigenvalue weighted by Crippen LogP contribution is -2.74. The van der Waals surface area contributed by atoms with E-state index in [1.165, 1.54) is 0 Å². The zero-order valence-electron chi connectivity index (χ0n) is 20.8. The average molecular weight is 500 g/mol. The molecule has 1 unspecified atom stereocenters. The zero-order chi connectivity index (χ0) is 25.4. The highest BCUT2D eigenvalue weighted by Crippen LogP contribution is 2.55. The molecular formula is C26H34ClN5O3. The van der Waals surface area contributed by atoms with Crippen molar-refractivity contribution in [2.75, 3.05) is 23.7 Å². The molecule has 1 atom stereocenters. The number of ether oxygens (including phenoxy) is 1. The van der Waals surface area contributed by atoms with E-state index >= 15 is 0 Å². The molecule has 1 aliphatic carbocycles. The summed E-state index contributed by atoms with van der Waals surface area (Å²) in [6.07, 6.45) is 6.66. The van der Waals surface area contributed by atoms with Gasteiger partial charge in [-0.05, 0) is 31.4 Å². The largest absolute Gasteiger partial charge is 0.489 e. The number of nitrogens with one attached hydrogen (secondary N) is 1. The summed E-state index contributed by atoms with van der Waals surface area (Å²) in [5, 5.41) is 3.63. The van der Waals surface area contributed by atoms with Gasteiger partial charge < -0.3 is 25.5 Å². The second kappa shape index (κ2) is 9.64. The Morgan fingerprint density at radius 3 is 2.49 bits per heavy atom. The van der Waals surface area contributed by atoms with Gasteiger partial charge >= 0.3 is 0 Å². The minimum atomic E-state index is -0.324. The Hall–Kier alpha value is -2.87. The number of nitrogens with two attached hydrogens (primary N) is 1. The molecule has 1 aliphatic heterocycles. The van der Waals surface area contributed by atoms with E-state index in [1.807, 2.05) is 6.07 Å². The van der Waals surface area contributed by atoms with Crippen LogP contribution < -0.4 is 20.7 Å². The maximum atomic E-state index is 13.1. The Bertz CT molecular complexity index is 1070. The van der Waals surface area contributed by atoms with E-state index in [0.717, 1.165) is 38.6 Å². The maximum absolute atomic E-state index is 13.1. The number of hydrogen-bond donors (Lipinski definition) is 2. The van der Waals surface area contributed by atoms with Crippen molar-refractivity contribution < 1.29 is 14.3 Å². The van der Waals surface area contributed by atoms with Gasteiger partial charge in [-0.25, -0.2) is 9.97 Å². The molecular weight excluding hydrogens is 466 g/mol. The molecule has 1 saturated heterocycles. The number of hydrogen-bond acceptors (Lipinski definition) is 7. The highest BCUT2D eigenvalue weighted by molar-refractivity contribution is 6.33. The third-order valence-corrected chi connectivity index (χ3v) is 7.82. The number of amides is 1. The van der Waals surface area contributed by atoms with Gasteiger partial charge in [0, 0.05) is 54.3 Å². The highest BCUT2D eigenvalue weighted by atomic mass is 35.5. The number of carbonyl (C=O) groups is 2. The molecule has 188 valence electrons. The van der Waals surface area contributed by atoms with E-state index in [4.69, 9.17) is 22.1 Å². The van der Waals surface area contributed by atoms with Crippen LogP contribution in [0.4, 0.5) is 11.6 Å². The molecule has 1 aromatic heterocycles.